The molecule has 2 aliphatic heterocycles. The molecular weight excluding hydrogens is 454 g/mol. The third-order valence-corrected chi connectivity index (χ3v) is 7.63. The summed E-state index contributed by atoms with van der Waals surface area (Å²) in [6, 6.07) is 4.67. The average molecular weight is 484 g/mol. The van der Waals surface area contributed by atoms with Crippen molar-refractivity contribution >= 4 is 40.5 Å². The van der Waals surface area contributed by atoms with Gasteiger partial charge in [0.1, 0.15) is 16.1 Å². The van der Waals surface area contributed by atoms with Crippen molar-refractivity contribution in [2.45, 2.75) is 24.1 Å². The number of carbonyl (C=O) groups excluding carboxylic acids is 1. The number of H-pyrrole nitrogens is 1. The highest BCUT2D eigenvalue weighted by Crippen LogP contribution is 2.50. The van der Waals surface area contributed by atoms with Crippen LogP contribution in [0.25, 0.3) is 11.1 Å². The molecule has 1 unspecified atom stereocenters. The first kappa shape index (κ1) is 22.6. The zero-order chi connectivity index (χ0) is 23.7. The molecule has 1 fully saturated rings. The van der Waals surface area contributed by atoms with Gasteiger partial charge in [0.25, 0.3) is 11.9 Å². The van der Waals surface area contributed by atoms with E-state index in [1.807, 2.05) is 24.2 Å². The first-order valence-electron chi connectivity index (χ1n) is 11.4. The van der Waals surface area contributed by atoms with Gasteiger partial charge in [0.15, 0.2) is 5.58 Å². The zero-order valence-electron chi connectivity index (χ0n) is 19.3. The maximum absolute atomic E-state index is 12.1. The smallest absolute Gasteiger partial charge is 0.298 e. The molecule has 180 valence electrons. The number of fused-ring (bicyclic) bond motifs is 1. The third kappa shape index (κ3) is 3.98. The Morgan fingerprint density at radius 1 is 1.35 bits per heavy atom. The van der Waals surface area contributed by atoms with Gasteiger partial charge in [0.05, 0.1) is 12.8 Å². The van der Waals surface area contributed by atoms with E-state index in [9.17, 15) is 4.79 Å². The van der Waals surface area contributed by atoms with Crippen LogP contribution in [0.2, 0.25) is 0 Å². The van der Waals surface area contributed by atoms with E-state index < -0.39 is 10.8 Å². The Morgan fingerprint density at radius 2 is 2.18 bits per heavy atom. The molecule has 4 N–H and O–H groups in total. The summed E-state index contributed by atoms with van der Waals surface area (Å²) in [5.74, 6) is -0.500. The van der Waals surface area contributed by atoms with Gasteiger partial charge in [-0.25, -0.2) is 0 Å². The Morgan fingerprint density at radius 3 is 2.85 bits per heavy atom. The largest absolute Gasteiger partial charge is 0.423 e. The summed E-state index contributed by atoms with van der Waals surface area (Å²) in [6.07, 6.45) is 7.09. The van der Waals surface area contributed by atoms with Crippen LogP contribution < -0.4 is 20.9 Å². The van der Waals surface area contributed by atoms with Crippen molar-refractivity contribution in [1.29, 1.82) is 0 Å². The van der Waals surface area contributed by atoms with Gasteiger partial charge in [-0.1, -0.05) is 11.8 Å². The summed E-state index contributed by atoms with van der Waals surface area (Å²) in [7, 11) is 3.60. The van der Waals surface area contributed by atoms with Gasteiger partial charge >= 0.3 is 0 Å². The van der Waals surface area contributed by atoms with Crippen LogP contribution in [0.3, 0.4) is 0 Å². The average Bonchev–Trinajstić information content (AvgIpc) is 3.61. The van der Waals surface area contributed by atoms with Crippen LogP contribution in [0.4, 0.5) is 11.7 Å². The summed E-state index contributed by atoms with van der Waals surface area (Å²) in [5.41, 5.74) is 10.4. The minimum Gasteiger partial charge on any atom is -0.423 e. The molecule has 1 amide bonds. The fourth-order valence-electron chi connectivity index (χ4n) is 4.50. The molecule has 34 heavy (non-hydrogen) atoms. The predicted octanol–water partition coefficient (Wildman–Crippen LogP) is 2.49. The highest BCUT2D eigenvalue weighted by atomic mass is 32.2. The van der Waals surface area contributed by atoms with Gasteiger partial charge in [-0.2, -0.15) is 10.1 Å². The number of rotatable bonds is 8. The van der Waals surface area contributed by atoms with Crippen molar-refractivity contribution in [3.8, 4) is 0 Å². The minimum absolute atomic E-state index is 0.369. The number of nitrogens with two attached hydrogens (primary N) is 1. The molecule has 0 bridgehead atoms. The number of primary amides is 1. The maximum Gasteiger partial charge on any atom is 0.298 e. The number of ether oxygens (including phenoxy) is 1. The number of aromatic nitrogens is 3. The number of thioether (sulfide) groups is 1. The molecule has 1 aromatic carbocycles. The van der Waals surface area contributed by atoms with E-state index in [0.29, 0.717) is 30.4 Å². The van der Waals surface area contributed by atoms with Crippen molar-refractivity contribution in [3.63, 3.8) is 0 Å². The summed E-state index contributed by atoms with van der Waals surface area (Å²) in [4.78, 5) is 20.4. The molecule has 2 aliphatic rings. The molecule has 10 nitrogen and oxygen atoms in total. The van der Waals surface area contributed by atoms with Gasteiger partial charge in [-0.3, -0.25) is 9.89 Å². The van der Waals surface area contributed by atoms with Gasteiger partial charge in [0, 0.05) is 62.2 Å². The number of benzene rings is 1. The molecule has 0 aliphatic carbocycles. The van der Waals surface area contributed by atoms with Gasteiger partial charge in [-0.15, -0.1) is 0 Å². The molecular formula is C23H29N7O3S. The molecule has 1 atom stereocenters. The molecule has 5 rings (SSSR count). The Labute approximate surface area is 201 Å². The van der Waals surface area contributed by atoms with E-state index in [4.69, 9.17) is 19.9 Å². The molecule has 0 saturated carbocycles. The van der Waals surface area contributed by atoms with Crippen molar-refractivity contribution in [2.24, 2.45) is 5.73 Å². The van der Waals surface area contributed by atoms with E-state index in [0.717, 1.165) is 48.3 Å². The third-order valence-electron chi connectivity index (χ3n) is 6.36. The summed E-state index contributed by atoms with van der Waals surface area (Å²) >= 11 is 1.50. The number of oxazole rings is 1. The Balaban J connectivity index is 1.66. The topological polar surface area (TPSA) is 126 Å². The van der Waals surface area contributed by atoms with Gasteiger partial charge < -0.3 is 30.0 Å². The van der Waals surface area contributed by atoms with Crippen LogP contribution in [0, 0.1) is 0 Å². The second-order valence-corrected chi connectivity index (χ2v) is 9.69. The molecule has 4 heterocycles. The lowest BCUT2D eigenvalue weighted by molar-refractivity contribution is -0.114. The maximum atomic E-state index is 12.1. The lowest BCUT2D eigenvalue weighted by Gasteiger charge is -2.36. The summed E-state index contributed by atoms with van der Waals surface area (Å²) in [5, 5.41) is 12.3. The SMILES string of the molecule is COCCN(C)c1nc2cc(N3CCCCC3)c(C3(c4cn[nH]c4)NC(C(N)=O)=CS3)cc2o1. The number of methoxy groups -OCH3 is 1. The van der Waals surface area contributed by atoms with E-state index in [-0.39, 0.29) is 0 Å². The Bertz CT molecular complexity index is 1200. The minimum atomic E-state index is -0.784. The molecule has 2 aromatic heterocycles. The monoisotopic (exact) mass is 483 g/mol. The molecule has 11 heteroatoms. The first-order chi connectivity index (χ1) is 16.5. The second-order valence-electron chi connectivity index (χ2n) is 8.60. The van der Waals surface area contributed by atoms with Crippen molar-refractivity contribution in [3.05, 3.63) is 46.8 Å². The number of nitrogens with one attached hydrogen (secondary N) is 2. The fraction of sp³-hybridized carbons (Fsp3) is 0.435. The lowest BCUT2D eigenvalue weighted by atomic mass is 9.96. The van der Waals surface area contributed by atoms with Crippen molar-refractivity contribution in [1.82, 2.24) is 20.5 Å². The van der Waals surface area contributed by atoms with Crippen molar-refractivity contribution < 1.29 is 13.9 Å². The van der Waals surface area contributed by atoms with Gasteiger partial charge in [-0.05, 0) is 31.4 Å². The van der Waals surface area contributed by atoms with Crippen LogP contribution in [-0.4, -0.2) is 61.5 Å². The van der Waals surface area contributed by atoms with Crippen LogP contribution in [0.5, 0.6) is 0 Å². The molecule has 0 spiro atoms. The van der Waals surface area contributed by atoms with Crippen LogP contribution in [0.15, 0.2) is 40.0 Å². The molecule has 1 saturated heterocycles. The lowest BCUT2D eigenvalue weighted by Crippen LogP contribution is -2.41. The number of aromatic amines is 1. The normalized spacial score (nSPS) is 20.4. The van der Waals surface area contributed by atoms with Crippen LogP contribution in [0.1, 0.15) is 30.4 Å². The van der Waals surface area contributed by atoms with Crippen LogP contribution >= 0.6 is 11.8 Å². The van der Waals surface area contributed by atoms with E-state index in [2.05, 4.69) is 26.5 Å². The number of anilines is 2. The quantitative estimate of drug-likeness (QED) is 0.443. The van der Waals surface area contributed by atoms with Gasteiger partial charge in [0.2, 0.25) is 0 Å². The standard InChI is InChI=1S/C23H29N7O3S/c1-29(8-9-32-2)22-27-17-11-19(30-6-4-3-5-7-30)16(10-20(17)33-22)23(15-12-25-26-13-15)28-18(14-34-23)21(24)31/h10-14,28H,3-9H2,1-2H3,(H2,24,31)(H,25,26). The number of piperidine rings is 1. The second kappa shape index (κ2) is 9.22. The Hall–Kier alpha value is -3.18. The zero-order valence-corrected chi connectivity index (χ0v) is 20.2. The number of carbonyl (C=O) groups is 1. The fourth-order valence-corrected chi connectivity index (χ4v) is 5.68. The van der Waals surface area contributed by atoms with Crippen LogP contribution in [-0.2, 0) is 14.4 Å². The number of nitrogens with zero attached hydrogens (tertiary/aromatic N) is 4. The van der Waals surface area contributed by atoms with E-state index in [1.165, 1.54) is 18.2 Å². The van der Waals surface area contributed by atoms with Crippen molar-refractivity contribution in [2.75, 3.05) is 50.2 Å². The predicted molar refractivity (Wildman–Crippen MR) is 133 cm³/mol. The summed E-state index contributed by atoms with van der Waals surface area (Å²) in [6.45, 7) is 3.15. The first-order valence-corrected chi connectivity index (χ1v) is 12.2. The van der Waals surface area contributed by atoms with E-state index >= 15 is 0 Å². The highest BCUT2D eigenvalue weighted by molar-refractivity contribution is 8.03. The number of hydrogen-bond acceptors (Lipinski definition) is 9. The number of amides is 1. The number of hydrogen-bond donors (Lipinski definition) is 3. The summed E-state index contributed by atoms with van der Waals surface area (Å²) < 4.78 is 11.4. The Kier molecular flexibility index (Phi) is 6.13. The highest BCUT2D eigenvalue weighted by Gasteiger charge is 2.44. The number of likely N-dealkylation sites (N-methyl/N-ethyl adjacent to an activating group) is 1. The molecule has 3 aromatic rings. The van der Waals surface area contributed by atoms with E-state index in [1.54, 1.807) is 18.7 Å². The molecule has 0 radical (unpaired) electrons.